The first-order valence-corrected chi connectivity index (χ1v) is 8.41. The van der Waals surface area contributed by atoms with Crippen LogP contribution >= 0.6 is 0 Å². The topological polar surface area (TPSA) is 65.0 Å². The van der Waals surface area contributed by atoms with Crippen molar-refractivity contribution in [2.75, 3.05) is 13.2 Å². The van der Waals surface area contributed by atoms with Crippen LogP contribution in [0.3, 0.4) is 0 Å². The lowest BCUT2D eigenvalue weighted by Gasteiger charge is -2.28. The number of aliphatic imine (C=N–C) groups is 1. The smallest absolute Gasteiger partial charge is 0.321 e. The van der Waals surface area contributed by atoms with E-state index in [2.05, 4.69) is 4.99 Å². The first-order chi connectivity index (χ1) is 11.8. The predicted molar refractivity (Wildman–Crippen MR) is 99.0 cm³/mol. The summed E-state index contributed by atoms with van der Waals surface area (Å²) in [5.74, 6) is -0.658. The molecule has 0 saturated heterocycles. The second-order valence-corrected chi connectivity index (χ2v) is 5.89. The maximum atomic E-state index is 12.6. The summed E-state index contributed by atoms with van der Waals surface area (Å²) in [7, 11) is 0. The number of hydrogen-bond acceptors (Lipinski definition) is 5. The van der Waals surface area contributed by atoms with Gasteiger partial charge in [0.05, 0.1) is 18.9 Å². The SMILES string of the molecule is CCOC(=O)C(C)(C(C)=Nc1ccccc1)/C(C)=C/CCOC(C)=O. The van der Waals surface area contributed by atoms with Gasteiger partial charge in [0.25, 0.3) is 0 Å². The fraction of sp³-hybridized carbons (Fsp3) is 0.450. The normalized spacial score (nSPS) is 14.6. The predicted octanol–water partition coefficient (Wildman–Crippen LogP) is 4.25. The van der Waals surface area contributed by atoms with Gasteiger partial charge in [-0.2, -0.15) is 0 Å². The lowest BCUT2D eigenvalue weighted by atomic mass is 9.78. The third-order valence-corrected chi connectivity index (χ3v) is 4.12. The molecule has 25 heavy (non-hydrogen) atoms. The molecule has 0 N–H and O–H groups in total. The average molecular weight is 345 g/mol. The second kappa shape index (κ2) is 9.77. The molecule has 0 aliphatic carbocycles. The van der Waals surface area contributed by atoms with E-state index in [0.29, 0.717) is 18.7 Å². The van der Waals surface area contributed by atoms with E-state index in [1.165, 1.54) is 6.92 Å². The van der Waals surface area contributed by atoms with Crippen molar-refractivity contribution in [3.05, 3.63) is 42.0 Å². The monoisotopic (exact) mass is 345 g/mol. The van der Waals surface area contributed by atoms with Crippen LogP contribution in [0, 0.1) is 5.41 Å². The zero-order valence-corrected chi connectivity index (χ0v) is 15.7. The maximum absolute atomic E-state index is 12.6. The second-order valence-electron chi connectivity index (χ2n) is 5.89. The summed E-state index contributed by atoms with van der Waals surface area (Å²) in [4.78, 5) is 28.1. The molecular formula is C20H27NO4. The Morgan fingerprint density at radius 2 is 1.76 bits per heavy atom. The van der Waals surface area contributed by atoms with E-state index >= 15 is 0 Å². The Balaban J connectivity index is 3.12. The van der Waals surface area contributed by atoms with E-state index < -0.39 is 5.41 Å². The first kappa shape index (κ1) is 20.6. The fourth-order valence-corrected chi connectivity index (χ4v) is 2.36. The highest BCUT2D eigenvalue weighted by atomic mass is 16.5. The highest BCUT2D eigenvalue weighted by Crippen LogP contribution is 2.32. The fourth-order valence-electron chi connectivity index (χ4n) is 2.36. The molecule has 0 aromatic heterocycles. The van der Waals surface area contributed by atoms with Gasteiger partial charge in [-0.05, 0) is 46.2 Å². The molecule has 0 heterocycles. The lowest BCUT2D eigenvalue weighted by Crippen LogP contribution is -2.38. The minimum atomic E-state index is -0.970. The minimum Gasteiger partial charge on any atom is -0.466 e. The summed E-state index contributed by atoms with van der Waals surface area (Å²) in [5, 5.41) is 0. The number of benzene rings is 1. The average Bonchev–Trinajstić information content (AvgIpc) is 2.58. The maximum Gasteiger partial charge on any atom is 0.321 e. The number of rotatable bonds is 8. The van der Waals surface area contributed by atoms with Crippen LogP contribution in [0.25, 0.3) is 0 Å². The van der Waals surface area contributed by atoms with Gasteiger partial charge in [-0.3, -0.25) is 14.6 Å². The van der Waals surface area contributed by atoms with Gasteiger partial charge in [0.1, 0.15) is 5.41 Å². The third-order valence-electron chi connectivity index (χ3n) is 4.12. The van der Waals surface area contributed by atoms with Crippen molar-refractivity contribution in [1.29, 1.82) is 0 Å². The molecule has 0 amide bonds. The minimum absolute atomic E-state index is 0.278. The zero-order valence-electron chi connectivity index (χ0n) is 15.7. The molecule has 1 unspecified atom stereocenters. The van der Waals surface area contributed by atoms with E-state index in [1.54, 1.807) is 6.92 Å². The molecule has 5 heteroatoms. The number of carbonyl (C=O) groups is 2. The van der Waals surface area contributed by atoms with E-state index in [-0.39, 0.29) is 18.5 Å². The van der Waals surface area contributed by atoms with Crippen LogP contribution in [-0.2, 0) is 19.1 Å². The molecule has 1 aromatic carbocycles. The van der Waals surface area contributed by atoms with Gasteiger partial charge < -0.3 is 9.47 Å². The number of hydrogen-bond donors (Lipinski definition) is 0. The number of carbonyl (C=O) groups excluding carboxylic acids is 2. The van der Waals surface area contributed by atoms with Crippen LogP contribution in [0.1, 0.15) is 41.0 Å². The van der Waals surface area contributed by atoms with Crippen LogP contribution in [-0.4, -0.2) is 30.9 Å². The molecule has 1 atom stereocenters. The van der Waals surface area contributed by atoms with Crippen molar-refractivity contribution >= 4 is 23.3 Å². The van der Waals surface area contributed by atoms with Crippen LogP contribution in [0.4, 0.5) is 5.69 Å². The third kappa shape index (κ3) is 5.85. The van der Waals surface area contributed by atoms with E-state index in [1.807, 2.05) is 57.2 Å². The quantitative estimate of drug-likeness (QED) is 0.306. The Hall–Kier alpha value is -2.43. The van der Waals surface area contributed by atoms with Crippen LogP contribution < -0.4 is 0 Å². The number of ether oxygens (including phenoxy) is 2. The standard InChI is InChI=1S/C20H27NO4/c1-6-24-19(23)20(5,15(2)11-10-14-25-17(4)22)16(3)21-18-12-8-7-9-13-18/h7-9,11-13H,6,10,14H2,1-5H3/b15-11+,21-16?. The van der Waals surface area contributed by atoms with E-state index in [0.717, 1.165) is 11.3 Å². The van der Waals surface area contributed by atoms with Gasteiger partial charge in [0.15, 0.2) is 0 Å². The number of esters is 2. The van der Waals surface area contributed by atoms with Crippen molar-refractivity contribution in [1.82, 2.24) is 0 Å². The summed E-state index contributed by atoms with van der Waals surface area (Å²) >= 11 is 0. The molecule has 1 aromatic rings. The Morgan fingerprint density at radius 3 is 2.32 bits per heavy atom. The number of para-hydroxylation sites is 1. The Morgan fingerprint density at radius 1 is 1.12 bits per heavy atom. The van der Waals surface area contributed by atoms with Crippen LogP contribution in [0.15, 0.2) is 47.0 Å². The molecule has 1 rings (SSSR count). The zero-order chi connectivity index (χ0) is 18.9. The molecule has 0 bridgehead atoms. The Kier molecular flexibility index (Phi) is 8.05. The van der Waals surface area contributed by atoms with Gasteiger partial charge >= 0.3 is 11.9 Å². The van der Waals surface area contributed by atoms with Crippen LogP contribution in [0.2, 0.25) is 0 Å². The van der Waals surface area contributed by atoms with Gasteiger partial charge in [-0.25, -0.2) is 0 Å². The summed E-state index contributed by atoms with van der Waals surface area (Å²) in [6.07, 6.45) is 2.42. The molecule has 0 saturated carbocycles. The molecule has 5 nitrogen and oxygen atoms in total. The molecular weight excluding hydrogens is 318 g/mol. The Bertz CT molecular complexity index is 649. The molecule has 0 aliphatic rings. The molecule has 0 spiro atoms. The van der Waals surface area contributed by atoms with Crippen molar-refractivity contribution in [3.63, 3.8) is 0 Å². The van der Waals surface area contributed by atoms with Gasteiger partial charge in [0, 0.05) is 12.6 Å². The summed E-state index contributed by atoms with van der Waals surface area (Å²) in [6.45, 7) is 9.23. The first-order valence-electron chi connectivity index (χ1n) is 8.41. The molecule has 0 fully saturated rings. The summed E-state index contributed by atoms with van der Waals surface area (Å²) in [6, 6.07) is 9.48. The largest absolute Gasteiger partial charge is 0.466 e. The highest BCUT2D eigenvalue weighted by Gasteiger charge is 2.39. The van der Waals surface area contributed by atoms with Gasteiger partial charge in [-0.1, -0.05) is 29.8 Å². The highest BCUT2D eigenvalue weighted by molar-refractivity contribution is 6.09. The Labute approximate surface area is 149 Å². The van der Waals surface area contributed by atoms with E-state index in [4.69, 9.17) is 9.47 Å². The summed E-state index contributed by atoms with van der Waals surface area (Å²) < 4.78 is 10.2. The summed E-state index contributed by atoms with van der Waals surface area (Å²) in [5.41, 5.74) is 1.28. The van der Waals surface area contributed by atoms with E-state index in [9.17, 15) is 9.59 Å². The van der Waals surface area contributed by atoms with Gasteiger partial charge in [-0.15, -0.1) is 0 Å². The van der Waals surface area contributed by atoms with Crippen molar-refractivity contribution in [3.8, 4) is 0 Å². The molecule has 136 valence electrons. The van der Waals surface area contributed by atoms with Crippen molar-refractivity contribution < 1.29 is 19.1 Å². The van der Waals surface area contributed by atoms with Crippen molar-refractivity contribution in [2.24, 2.45) is 10.4 Å². The lowest BCUT2D eigenvalue weighted by molar-refractivity contribution is -0.148. The number of nitrogens with zero attached hydrogens (tertiary/aromatic N) is 1. The molecule has 0 aliphatic heterocycles. The molecule has 0 radical (unpaired) electrons. The van der Waals surface area contributed by atoms with Gasteiger partial charge in [0.2, 0.25) is 0 Å². The van der Waals surface area contributed by atoms with Crippen molar-refractivity contribution in [2.45, 2.75) is 41.0 Å². The van der Waals surface area contributed by atoms with Crippen LogP contribution in [0.5, 0.6) is 0 Å².